The average Bonchev–Trinajstić information content (AvgIpc) is 3.06. The highest BCUT2D eigenvalue weighted by Crippen LogP contribution is 2.26. The number of rotatable bonds is 7. The molecular formula is C21H22N2O5S. The lowest BCUT2D eigenvalue weighted by atomic mass is 10.1. The van der Waals surface area contributed by atoms with Gasteiger partial charge in [-0.25, -0.2) is 8.42 Å². The molecule has 7 nitrogen and oxygen atoms in total. The molecule has 29 heavy (non-hydrogen) atoms. The highest BCUT2D eigenvalue weighted by molar-refractivity contribution is 7.94. The maximum absolute atomic E-state index is 13.2. The molecule has 0 spiro atoms. The van der Waals surface area contributed by atoms with Gasteiger partial charge in [-0.05, 0) is 42.7 Å². The molecule has 0 bridgehead atoms. The van der Waals surface area contributed by atoms with Crippen molar-refractivity contribution in [3.05, 3.63) is 81.3 Å². The van der Waals surface area contributed by atoms with Gasteiger partial charge < -0.3 is 4.90 Å². The van der Waals surface area contributed by atoms with Crippen molar-refractivity contribution in [3.63, 3.8) is 0 Å². The first-order valence-electron chi connectivity index (χ1n) is 9.38. The number of hydrogen-bond acceptors (Lipinski definition) is 5. The van der Waals surface area contributed by atoms with E-state index >= 15 is 0 Å². The Balaban J connectivity index is 1.97. The topological polar surface area (TPSA) is 97.6 Å². The zero-order valence-corrected chi connectivity index (χ0v) is 16.8. The molecule has 1 amide bonds. The van der Waals surface area contributed by atoms with E-state index < -0.39 is 26.7 Å². The number of unbranched alkanes of at least 4 members (excludes halogenated alkanes) is 1. The maximum atomic E-state index is 13.2. The van der Waals surface area contributed by atoms with Crippen LogP contribution < -0.4 is 4.90 Å². The first kappa shape index (κ1) is 20.7. The normalized spacial score (nSPS) is 17.2. The molecule has 2 aromatic rings. The van der Waals surface area contributed by atoms with Gasteiger partial charge in [-0.1, -0.05) is 31.5 Å². The molecule has 1 heterocycles. The van der Waals surface area contributed by atoms with E-state index in [9.17, 15) is 23.3 Å². The summed E-state index contributed by atoms with van der Waals surface area (Å²) in [4.78, 5) is 25.1. The SMILES string of the molecule is CCCCc1ccc(N(C(=O)c2cccc([N+](=O)[O-])c2)C2C=CS(=O)(=O)C2)cc1. The second-order valence-electron chi connectivity index (χ2n) is 6.98. The molecule has 1 aliphatic rings. The van der Waals surface area contributed by atoms with E-state index in [1.54, 1.807) is 12.1 Å². The van der Waals surface area contributed by atoms with Crippen LogP contribution in [-0.4, -0.2) is 31.0 Å². The predicted molar refractivity (Wildman–Crippen MR) is 112 cm³/mol. The monoisotopic (exact) mass is 414 g/mol. The van der Waals surface area contributed by atoms with Gasteiger partial charge in [0.2, 0.25) is 0 Å². The Morgan fingerprint density at radius 1 is 1.21 bits per heavy atom. The summed E-state index contributed by atoms with van der Waals surface area (Å²) in [6, 6.07) is 12.2. The molecule has 2 aromatic carbocycles. The molecule has 1 aliphatic heterocycles. The lowest BCUT2D eigenvalue weighted by Crippen LogP contribution is -2.41. The van der Waals surface area contributed by atoms with Gasteiger partial charge in [0.15, 0.2) is 9.84 Å². The van der Waals surface area contributed by atoms with Crippen LogP contribution in [0.15, 0.2) is 60.0 Å². The third kappa shape index (κ3) is 4.89. The fourth-order valence-corrected chi connectivity index (χ4v) is 4.54. The Labute approximate surface area is 169 Å². The van der Waals surface area contributed by atoms with Gasteiger partial charge in [-0.3, -0.25) is 14.9 Å². The van der Waals surface area contributed by atoms with Crippen LogP contribution in [0.5, 0.6) is 0 Å². The number of hydrogen-bond donors (Lipinski definition) is 0. The van der Waals surface area contributed by atoms with Crippen LogP contribution in [0.4, 0.5) is 11.4 Å². The van der Waals surface area contributed by atoms with Crippen molar-refractivity contribution >= 4 is 27.1 Å². The van der Waals surface area contributed by atoms with Crippen molar-refractivity contribution in [2.75, 3.05) is 10.7 Å². The number of benzene rings is 2. The Hall–Kier alpha value is -3.00. The number of nitro groups is 1. The van der Waals surface area contributed by atoms with E-state index in [0.29, 0.717) is 5.69 Å². The van der Waals surface area contributed by atoms with E-state index in [-0.39, 0.29) is 17.0 Å². The van der Waals surface area contributed by atoms with E-state index in [2.05, 4.69) is 6.92 Å². The first-order chi connectivity index (χ1) is 13.8. The summed E-state index contributed by atoms with van der Waals surface area (Å²) in [7, 11) is -3.39. The average molecular weight is 414 g/mol. The molecule has 1 atom stereocenters. The number of carbonyl (C=O) groups is 1. The zero-order chi connectivity index (χ0) is 21.0. The highest BCUT2D eigenvalue weighted by Gasteiger charge is 2.32. The van der Waals surface area contributed by atoms with E-state index in [4.69, 9.17) is 0 Å². The largest absolute Gasteiger partial charge is 0.300 e. The van der Waals surface area contributed by atoms with Crippen molar-refractivity contribution < 1.29 is 18.1 Å². The number of amides is 1. The summed E-state index contributed by atoms with van der Waals surface area (Å²) in [5, 5.41) is 12.2. The zero-order valence-electron chi connectivity index (χ0n) is 16.0. The number of nitro benzene ring substituents is 1. The molecule has 0 aliphatic carbocycles. The summed E-state index contributed by atoms with van der Waals surface area (Å²) >= 11 is 0. The predicted octanol–water partition coefficient (Wildman–Crippen LogP) is 3.89. The maximum Gasteiger partial charge on any atom is 0.270 e. The number of sulfone groups is 1. The molecule has 0 fully saturated rings. The third-order valence-electron chi connectivity index (χ3n) is 4.80. The molecule has 152 valence electrons. The van der Waals surface area contributed by atoms with Crippen LogP contribution in [-0.2, 0) is 16.3 Å². The summed E-state index contributed by atoms with van der Waals surface area (Å²) < 4.78 is 23.9. The molecule has 0 radical (unpaired) electrons. The molecule has 0 saturated carbocycles. The molecule has 8 heteroatoms. The number of carbonyl (C=O) groups excluding carboxylic acids is 1. The highest BCUT2D eigenvalue weighted by atomic mass is 32.2. The minimum Gasteiger partial charge on any atom is -0.300 e. The molecule has 3 rings (SSSR count). The summed E-state index contributed by atoms with van der Waals surface area (Å²) in [6.07, 6.45) is 4.53. The first-order valence-corrected chi connectivity index (χ1v) is 11.1. The van der Waals surface area contributed by atoms with Crippen LogP contribution >= 0.6 is 0 Å². The summed E-state index contributed by atoms with van der Waals surface area (Å²) in [6.45, 7) is 2.11. The molecule has 0 aromatic heterocycles. The van der Waals surface area contributed by atoms with Crippen molar-refractivity contribution in [2.45, 2.75) is 32.2 Å². The van der Waals surface area contributed by atoms with Gasteiger partial charge in [-0.15, -0.1) is 0 Å². The Morgan fingerprint density at radius 3 is 2.52 bits per heavy atom. The number of aryl methyl sites for hydroxylation is 1. The molecule has 0 saturated heterocycles. The molecule has 1 unspecified atom stereocenters. The summed E-state index contributed by atoms with van der Waals surface area (Å²) in [5.41, 5.74) is 1.62. The van der Waals surface area contributed by atoms with Gasteiger partial charge in [0, 0.05) is 28.8 Å². The Morgan fingerprint density at radius 2 is 1.93 bits per heavy atom. The minimum absolute atomic E-state index is 0.131. The second-order valence-corrected chi connectivity index (χ2v) is 8.91. The van der Waals surface area contributed by atoms with Crippen molar-refractivity contribution in [1.29, 1.82) is 0 Å². The van der Waals surface area contributed by atoms with Crippen LogP contribution in [0.2, 0.25) is 0 Å². The van der Waals surface area contributed by atoms with Gasteiger partial charge in [0.05, 0.1) is 16.7 Å². The van der Waals surface area contributed by atoms with Crippen molar-refractivity contribution in [1.82, 2.24) is 0 Å². The number of non-ortho nitro benzene ring substituents is 1. The van der Waals surface area contributed by atoms with Crippen LogP contribution in [0, 0.1) is 10.1 Å². The van der Waals surface area contributed by atoms with Gasteiger partial charge >= 0.3 is 0 Å². The van der Waals surface area contributed by atoms with Gasteiger partial charge in [0.25, 0.3) is 11.6 Å². The van der Waals surface area contributed by atoms with E-state index in [0.717, 1.165) is 30.2 Å². The Kier molecular flexibility index (Phi) is 6.12. The number of anilines is 1. The second kappa shape index (κ2) is 8.57. The van der Waals surface area contributed by atoms with Gasteiger partial charge in [0.1, 0.15) is 0 Å². The summed E-state index contributed by atoms with van der Waals surface area (Å²) in [5.74, 6) is -0.701. The van der Waals surface area contributed by atoms with Crippen molar-refractivity contribution in [3.8, 4) is 0 Å². The molecule has 0 N–H and O–H groups in total. The van der Waals surface area contributed by atoms with Crippen LogP contribution in [0.1, 0.15) is 35.7 Å². The smallest absolute Gasteiger partial charge is 0.270 e. The third-order valence-corrected chi connectivity index (χ3v) is 6.18. The van der Waals surface area contributed by atoms with Crippen LogP contribution in [0.3, 0.4) is 0 Å². The fraction of sp³-hybridized carbons (Fsp3) is 0.286. The minimum atomic E-state index is -3.39. The Bertz CT molecular complexity index is 1040. The standard InChI is InChI=1S/C21H22N2O5S/c1-2-3-5-16-8-10-18(11-9-16)22(20-12-13-29(27,28)15-20)21(24)17-6-4-7-19(14-17)23(25)26/h4,6-14,20H,2-3,5,15H2,1H3. The lowest BCUT2D eigenvalue weighted by Gasteiger charge is -2.28. The quantitative estimate of drug-likeness (QED) is 0.506. The number of nitrogens with zero attached hydrogens (tertiary/aromatic N) is 2. The fourth-order valence-electron chi connectivity index (χ4n) is 3.28. The molecular weight excluding hydrogens is 392 g/mol. The van der Waals surface area contributed by atoms with E-state index in [1.165, 1.54) is 35.2 Å². The lowest BCUT2D eigenvalue weighted by molar-refractivity contribution is -0.384. The van der Waals surface area contributed by atoms with Crippen molar-refractivity contribution in [2.24, 2.45) is 0 Å². The van der Waals surface area contributed by atoms with Gasteiger partial charge in [-0.2, -0.15) is 0 Å². The van der Waals surface area contributed by atoms with Crippen LogP contribution in [0.25, 0.3) is 0 Å². The van der Waals surface area contributed by atoms with E-state index in [1.807, 2.05) is 12.1 Å².